The lowest BCUT2D eigenvalue weighted by Crippen LogP contribution is -2.17. The number of aromatic nitrogens is 5. The second kappa shape index (κ2) is 7.29. The summed E-state index contributed by atoms with van der Waals surface area (Å²) in [6.07, 6.45) is 5.71. The normalized spacial score (nSPS) is 20.0. The highest BCUT2D eigenvalue weighted by Crippen LogP contribution is 2.34. The average molecular weight is 388 g/mol. The molecule has 1 aliphatic rings. The summed E-state index contributed by atoms with van der Waals surface area (Å²) in [5, 5.41) is 10.8. The first kappa shape index (κ1) is 18.5. The van der Waals surface area contributed by atoms with Crippen molar-refractivity contribution in [2.45, 2.75) is 52.0 Å². The summed E-state index contributed by atoms with van der Waals surface area (Å²) in [7, 11) is 0. The minimum absolute atomic E-state index is 0.0330. The maximum absolute atomic E-state index is 13.5. The summed E-state index contributed by atoms with van der Waals surface area (Å²) >= 11 is 0. The smallest absolute Gasteiger partial charge is 0.284 e. The molecule has 0 spiro atoms. The van der Waals surface area contributed by atoms with E-state index in [2.05, 4.69) is 27.4 Å². The van der Waals surface area contributed by atoms with Crippen molar-refractivity contribution in [2.75, 3.05) is 5.32 Å². The van der Waals surface area contributed by atoms with Gasteiger partial charge in [0.2, 0.25) is 0 Å². The van der Waals surface area contributed by atoms with Crippen LogP contribution in [0.15, 0.2) is 24.7 Å². The Balaban J connectivity index is 1.61. The lowest BCUT2D eigenvalue weighted by atomic mass is 9.87. The van der Waals surface area contributed by atoms with E-state index in [1.807, 2.05) is 0 Å². The molecule has 0 radical (unpaired) electrons. The third-order valence-electron chi connectivity index (χ3n) is 5.33. The summed E-state index contributed by atoms with van der Waals surface area (Å²) in [5.41, 5.74) is 0.959. The van der Waals surface area contributed by atoms with Crippen molar-refractivity contribution < 1.29 is 13.6 Å². The van der Waals surface area contributed by atoms with Gasteiger partial charge in [0.25, 0.3) is 12.3 Å². The fraction of sp³-hybridized carbons (Fsp3) is 0.474. The van der Waals surface area contributed by atoms with Gasteiger partial charge < -0.3 is 5.32 Å². The van der Waals surface area contributed by atoms with Crippen molar-refractivity contribution in [2.24, 2.45) is 5.92 Å². The number of nitrogens with one attached hydrogen (secondary N) is 1. The van der Waals surface area contributed by atoms with Crippen molar-refractivity contribution >= 4 is 17.2 Å². The molecule has 3 heterocycles. The fourth-order valence-corrected chi connectivity index (χ4v) is 3.67. The zero-order chi connectivity index (χ0) is 19.8. The first-order valence-corrected chi connectivity index (χ1v) is 9.42. The molecular formula is C19H22F2N6O. The molecule has 1 fully saturated rings. The number of fused-ring (bicyclic) bond motifs is 1. The maximum Gasteiger partial charge on any atom is 0.284 e. The van der Waals surface area contributed by atoms with Crippen LogP contribution in [0.3, 0.4) is 0 Å². The molecule has 1 aliphatic carbocycles. The van der Waals surface area contributed by atoms with Crippen LogP contribution >= 0.6 is 0 Å². The predicted molar refractivity (Wildman–Crippen MR) is 99.5 cm³/mol. The van der Waals surface area contributed by atoms with Crippen LogP contribution in [0.4, 0.5) is 14.5 Å². The second-order valence-electron chi connectivity index (χ2n) is 7.47. The first-order valence-electron chi connectivity index (χ1n) is 9.42. The topological polar surface area (TPSA) is 77.1 Å². The summed E-state index contributed by atoms with van der Waals surface area (Å²) < 4.78 is 30.1. The van der Waals surface area contributed by atoms with E-state index in [0.29, 0.717) is 11.6 Å². The number of nitrogens with zero attached hydrogens (tertiary/aromatic N) is 5. The number of alkyl halides is 2. The molecule has 3 aromatic heterocycles. The van der Waals surface area contributed by atoms with Crippen molar-refractivity contribution in [3.63, 3.8) is 0 Å². The fourth-order valence-electron chi connectivity index (χ4n) is 3.67. The van der Waals surface area contributed by atoms with Crippen LogP contribution in [-0.2, 0) is 0 Å². The molecule has 0 bridgehead atoms. The zero-order valence-electron chi connectivity index (χ0n) is 15.8. The highest BCUT2D eigenvalue weighted by atomic mass is 19.3. The lowest BCUT2D eigenvalue weighted by Gasteiger charge is -2.26. The highest BCUT2D eigenvalue weighted by molar-refractivity contribution is 6.08. The van der Waals surface area contributed by atoms with E-state index in [0.717, 1.165) is 31.4 Å². The van der Waals surface area contributed by atoms with E-state index in [1.54, 1.807) is 23.9 Å². The van der Waals surface area contributed by atoms with E-state index in [9.17, 15) is 13.6 Å². The molecule has 0 atom stereocenters. The molecule has 0 aromatic carbocycles. The Morgan fingerprint density at radius 3 is 2.75 bits per heavy atom. The predicted octanol–water partition coefficient (Wildman–Crippen LogP) is 4.18. The minimum Gasteiger partial charge on any atom is -0.319 e. The molecule has 28 heavy (non-hydrogen) atoms. The molecule has 0 unspecified atom stereocenters. The molecule has 9 heteroatoms. The Bertz CT molecular complexity index is 1000. The maximum atomic E-state index is 13.5. The number of rotatable bonds is 4. The number of carbonyl (C=O) groups is 1. The first-order chi connectivity index (χ1) is 13.4. The second-order valence-corrected chi connectivity index (χ2v) is 7.47. The summed E-state index contributed by atoms with van der Waals surface area (Å²) in [5.74, 6) is 0.110. The molecule has 4 rings (SSSR count). The van der Waals surface area contributed by atoms with Crippen LogP contribution in [0.1, 0.15) is 66.8 Å². The van der Waals surface area contributed by atoms with Gasteiger partial charge in [-0.05, 0) is 44.6 Å². The molecule has 148 valence electrons. The number of amides is 1. The lowest BCUT2D eigenvalue weighted by molar-refractivity contribution is 0.102. The van der Waals surface area contributed by atoms with Gasteiger partial charge in [-0.15, -0.1) is 0 Å². The SMILES string of the molecule is Cc1ccn2ncc(C(=O)Nc3cn(C4CCC(C)CC4)nc3C(F)F)c2n1. The van der Waals surface area contributed by atoms with Crippen LogP contribution in [0, 0.1) is 12.8 Å². The third kappa shape index (κ3) is 3.48. The van der Waals surface area contributed by atoms with Gasteiger partial charge in [0.15, 0.2) is 11.3 Å². The standard InChI is InChI=1S/C19H22F2N6O/c1-11-3-5-13(6-4-11)27-10-15(16(25-27)17(20)21)24-19(28)14-9-22-26-8-7-12(2)23-18(14)26/h7-11,13,17H,3-6H2,1-2H3,(H,24,28). The van der Waals surface area contributed by atoms with Gasteiger partial charge >= 0.3 is 0 Å². The number of anilines is 1. The van der Waals surface area contributed by atoms with Gasteiger partial charge in [0, 0.05) is 18.1 Å². The van der Waals surface area contributed by atoms with Crippen molar-refractivity contribution in [3.8, 4) is 0 Å². The Morgan fingerprint density at radius 1 is 1.29 bits per heavy atom. The van der Waals surface area contributed by atoms with Crippen molar-refractivity contribution in [3.05, 3.63) is 41.6 Å². The monoisotopic (exact) mass is 388 g/mol. The number of hydrogen-bond donors (Lipinski definition) is 1. The number of carbonyl (C=O) groups excluding carboxylic acids is 1. The Kier molecular flexibility index (Phi) is 4.82. The Hall–Kier alpha value is -2.84. The molecule has 1 amide bonds. The third-order valence-corrected chi connectivity index (χ3v) is 5.33. The summed E-state index contributed by atoms with van der Waals surface area (Å²) in [6.45, 7) is 4.00. The van der Waals surface area contributed by atoms with Gasteiger partial charge in [0.1, 0.15) is 5.56 Å². The number of halogens is 2. The Labute approximate surface area is 160 Å². The van der Waals surface area contributed by atoms with Gasteiger partial charge in [-0.3, -0.25) is 9.48 Å². The molecule has 0 saturated heterocycles. The van der Waals surface area contributed by atoms with Gasteiger partial charge in [-0.2, -0.15) is 10.2 Å². The van der Waals surface area contributed by atoms with E-state index in [4.69, 9.17) is 0 Å². The van der Waals surface area contributed by atoms with Crippen LogP contribution in [0.2, 0.25) is 0 Å². The van der Waals surface area contributed by atoms with E-state index < -0.39 is 18.0 Å². The summed E-state index contributed by atoms with van der Waals surface area (Å²) in [4.78, 5) is 17.0. The largest absolute Gasteiger partial charge is 0.319 e. The number of hydrogen-bond acceptors (Lipinski definition) is 4. The molecular weight excluding hydrogens is 366 g/mol. The van der Waals surface area contributed by atoms with Gasteiger partial charge in [-0.25, -0.2) is 18.3 Å². The van der Waals surface area contributed by atoms with E-state index >= 15 is 0 Å². The molecule has 0 aliphatic heterocycles. The van der Waals surface area contributed by atoms with E-state index in [-0.39, 0.29) is 17.3 Å². The zero-order valence-corrected chi connectivity index (χ0v) is 15.8. The minimum atomic E-state index is -2.77. The highest BCUT2D eigenvalue weighted by Gasteiger charge is 2.26. The molecule has 3 aromatic rings. The van der Waals surface area contributed by atoms with Gasteiger partial charge in [-0.1, -0.05) is 6.92 Å². The van der Waals surface area contributed by atoms with Gasteiger partial charge in [0.05, 0.1) is 17.9 Å². The van der Waals surface area contributed by atoms with Crippen LogP contribution in [-0.4, -0.2) is 30.3 Å². The van der Waals surface area contributed by atoms with E-state index in [1.165, 1.54) is 16.9 Å². The number of aryl methyl sites for hydroxylation is 1. The van der Waals surface area contributed by atoms with Crippen LogP contribution < -0.4 is 5.32 Å². The molecule has 7 nitrogen and oxygen atoms in total. The van der Waals surface area contributed by atoms with Crippen LogP contribution in [0.25, 0.3) is 5.65 Å². The summed E-state index contributed by atoms with van der Waals surface area (Å²) in [6, 6.07) is 1.85. The molecule has 1 N–H and O–H groups in total. The van der Waals surface area contributed by atoms with Crippen molar-refractivity contribution in [1.29, 1.82) is 0 Å². The molecule has 1 saturated carbocycles. The van der Waals surface area contributed by atoms with Crippen molar-refractivity contribution in [1.82, 2.24) is 24.4 Å². The average Bonchev–Trinajstić information content (AvgIpc) is 3.26. The quantitative estimate of drug-likeness (QED) is 0.728. The van der Waals surface area contributed by atoms with Crippen LogP contribution in [0.5, 0.6) is 0 Å². The Morgan fingerprint density at radius 2 is 2.04 bits per heavy atom.